The van der Waals surface area contributed by atoms with Crippen LogP contribution in [0.5, 0.6) is 0 Å². The van der Waals surface area contributed by atoms with E-state index >= 15 is 0 Å². The van der Waals surface area contributed by atoms with Crippen molar-refractivity contribution < 1.29 is 9.18 Å². The van der Waals surface area contributed by atoms with Crippen molar-refractivity contribution in [3.8, 4) is 0 Å². The summed E-state index contributed by atoms with van der Waals surface area (Å²) in [4.78, 5) is 12.0. The number of halogens is 2. The maximum Gasteiger partial charge on any atom is 0.223 e. The largest absolute Gasteiger partial charge is 0.352 e. The number of amides is 1. The van der Waals surface area contributed by atoms with Crippen molar-refractivity contribution in [2.45, 2.75) is 38.3 Å². The summed E-state index contributed by atoms with van der Waals surface area (Å²) in [6.07, 6.45) is 3.50. The van der Waals surface area contributed by atoms with Crippen molar-refractivity contribution in [3.05, 3.63) is 34.1 Å². The minimum atomic E-state index is -0.295. The fraction of sp³-hybridized carbons (Fsp3) is 0.500. The number of rotatable bonds is 3. The van der Waals surface area contributed by atoms with Gasteiger partial charge in [0.1, 0.15) is 5.82 Å². The molecule has 3 N–H and O–H groups in total. The molecule has 1 aliphatic carbocycles. The van der Waals surface area contributed by atoms with Crippen molar-refractivity contribution in [1.29, 1.82) is 0 Å². The molecule has 1 aromatic carbocycles. The van der Waals surface area contributed by atoms with Crippen molar-refractivity contribution in [3.63, 3.8) is 0 Å². The van der Waals surface area contributed by atoms with Crippen LogP contribution in [0.4, 0.5) is 4.39 Å². The normalized spacial score (nSPS) is 23.1. The first-order chi connectivity index (χ1) is 9.06. The number of hydrogen-bond donors (Lipinski definition) is 2. The summed E-state index contributed by atoms with van der Waals surface area (Å²) in [7, 11) is 0. The molecule has 1 saturated carbocycles. The van der Waals surface area contributed by atoms with Crippen LogP contribution in [0.2, 0.25) is 0 Å². The van der Waals surface area contributed by atoms with E-state index in [1.54, 1.807) is 6.07 Å². The van der Waals surface area contributed by atoms with Gasteiger partial charge in [0.25, 0.3) is 0 Å². The SMILES string of the molecule is NC1CCC(C(=O)NCc2cc(F)ccc2Br)CC1. The summed E-state index contributed by atoms with van der Waals surface area (Å²) >= 11 is 3.35. The highest BCUT2D eigenvalue weighted by molar-refractivity contribution is 9.10. The van der Waals surface area contributed by atoms with Gasteiger partial charge in [-0.05, 0) is 49.4 Å². The predicted molar refractivity (Wildman–Crippen MR) is 75.9 cm³/mol. The van der Waals surface area contributed by atoms with Crippen molar-refractivity contribution in [2.24, 2.45) is 11.7 Å². The van der Waals surface area contributed by atoms with Crippen molar-refractivity contribution in [1.82, 2.24) is 5.32 Å². The first-order valence-electron chi connectivity index (χ1n) is 6.53. The highest BCUT2D eigenvalue weighted by Gasteiger charge is 2.24. The topological polar surface area (TPSA) is 55.1 Å². The monoisotopic (exact) mass is 328 g/mol. The lowest BCUT2D eigenvalue weighted by atomic mass is 9.86. The molecule has 1 fully saturated rings. The molecule has 3 nitrogen and oxygen atoms in total. The average molecular weight is 329 g/mol. The molecular formula is C14H18BrFN2O. The van der Waals surface area contributed by atoms with Gasteiger partial charge in [0.15, 0.2) is 0 Å². The van der Waals surface area contributed by atoms with Crippen LogP contribution in [0.1, 0.15) is 31.2 Å². The van der Waals surface area contributed by atoms with E-state index < -0.39 is 0 Å². The number of nitrogens with one attached hydrogen (secondary N) is 1. The Bertz CT molecular complexity index is 459. The highest BCUT2D eigenvalue weighted by atomic mass is 79.9. The molecular weight excluding hydrogens is 311 g/mol. The van der Waals surface area contributed by atoms with Crippen LogP contribution in [-0.4, -0.2) is 11.9 Å². The second kappa shape index (κ2) is 6.48. The zero-order valence-electron chi connectivity index (χ0n) is 10.7. The van der Waals surface area contributed by atoms with E-state index in [0.717, 1.165) is 35.7 Å². The Morgan fingerprint density at radius 1 is 1.37 bits per heavy atom. The van der Waals surface area contributed by atoms with E-state index in [-0.39, 0.29) is 23.7 Å². The molecule has 0 heterocycles. The number of nitrogens with two attached hydrogens (primary N) is 1. The molecule has 0 aromatic heterocycles. The quantitative estimate of drug-likeness (QED) is 0.896. The van der Waals surface area contributed by atoms with Gasteiger partial charge >= 0.3 is 0 Å². The molecule has 2 rings (SSSR count). The zero-order chi connectivity index (χ0) is 13.8. The number of carbonyl (C=O) groups is 1. The Hall–Kier alpha value is -0.940. The molecule has 0 atom stereocenters. The standard InChI is InChI=1S/C14H18BrFN2O/c15-13-6-3-11(16)7-10(13)8-18-14(19)9-1-4-12(17)5-2-9/h3,6-7,9,12H,1-2,4-5,8,17H2,(H,18,19). The smallest absolute Gasteiger partial charge is 0.223 e. The third kappa shape index (κ3) is 4.01. The molecule has 0 spiro atoms. The van der Waals surface area contributed by atoms with Gasteiger partial charge in [-0.2, -0.15) is 0 Å². The lowest BCUT2D eigenvalue weighted by molar-refractivity contribution is -0.126. The first kappa shape index (κ1) is 14.5. The van der Waals surface area contributed by atoms with E-state index in [4.69, 9.17) is 5.73 Å². The Balaban J connectivity index is 1.88. The van der Waals surface area contributed by atoms with Crippen LogP contribution in [-0.2, 0) is 11.3 Å². The van der Waals surface area contributed by atoms with Gasteiger partial charge in [0.2, 0.25) is 5.91 Å². The summed E-state index contributed by atoms with van der Waals surface area (Å²) in [5, 5.41) is 2.88. The molecule has 5 heteroatoms. The third-order valence-corrected chi connectivity index (χ3v) is 4.38. The van der Waals surface area contributed by atoms with E-state index in [0.29, 0.717) is 6.54 Å². The minimum Gasteiger partial charge on any atom is -0.352 e. The van der Waals surface area contributed by atoms with Crippen LogP contribution >= 0.6 is 15.9 Å². The maximum absolute atomic E-state index is 13.1. The molecule has 1 aromatic rings. The Morgan fingerprint density at radius 3 is 2.74 bits per heavy atom. The summed E-state index contributed by atoms with van der Waals surface area (Å²) < 4.78 is 13.9. The molecule has 0 aliphatic heterocycles. The number of carbonyl (C=O) groups excluding carboxylic acids is 1. The Morgan fingerprint density at radius 2 is 2.05 bits per heavy atom. The molecule has 19 heavy (non-hydrogen) atoms. The minimum absolute atomic E-state index is 0.0445. The molecule has 1 amide bonds. The second-order valence-corrected chi connectivity index (χ2v) is 5.92. The molecule has 0 radical (unpaired) electrons. The van der Waals surface area contributed by atoms with Gasteiger partial charge in [0.05, 0.1) is 0 Å². The molecule has 0 unspecified atom stereocenters. The lowest BCUT2D eigenvalue weighted by Crippen LogP contribution is -2.36. The lowest BCUT2D eigenvalue weighted by Gasteiger charge is -2.25. The van der Waals surface area contributed by atoms with Crippen LogP contribution < -0.4 is 11.1 Å². The Kier molecular flexibility index (Phi) is 4.93. The maximum atomic E-state index is 13.1. The van der Waals surface area contributed by atoms with E-state index in [1.807, 2.05) is 0 Å². The van der Waals surface area contributed by atoms with Gasteiger partial charge < -0.3 is 11.1 Å². The Labute approximate surface area is 120 Å². The number of benzene rings is 1. The van der Waals surface area contributed by atoms with E-state index in [9.17, 15) is 9.18 Å². The molecule has 104 valence electrons. The summed E-state index contributed by atoms with van der Waals surface area (Å²) in [5.41, 5.74) is 6.57. The summed E-state index contributed by atoms with van der Waals surface area (Å²) in [6.45, 7) is 0.347. The molecule has 0 saturated heterocycles. The fourth-order valence-electron chi connectivity index (χ4n) is 2.39. The second-order valence-electron chi connectivity index (χ2n) is 5.07. The van der Waals surface area contributed by atoms with Crippen molar-refractivity contribution in [2.75, 3.05) is 0 Å². The van der Waals surface area contributed by atoms with E-state index in [1.165, 1.54) is 12.1 Å². The van der Waals surface area contributed by atoms with Gasteiger partial charge in [0, 0.05) is 23.0 Å². The average Bonchev–Trinajstić information content (AvgIpc) is 2.40. The molecule has 0 bridgehead atoms. The third-order valence-electron chi connectivity index (χ3n) is 3.60. The van der Waals surface area contributed by atoms with Crippen LogP contribution in [0.25, 0.3) is 0 Å². The fourth-order valence-corrected chi connectivity index (χ4v) is 2.77. The predicted octanol–water partition coefficient (Wildman–Crippen LogP) is 2.72. The highest BCUT2D eigenvalue weighted by Crippen LogP contribution is 2.23. The van der Waals surface area contributed by atoms with Crippen LogP contribution in [0.15, 0.2) is 22.7 Å². The first-order valence-corrected chi connectivity index (χ1v) is 7.33. The summed E-state index contributed by atoms with van der Waals surface area (Å²) in [5.74, 6) is -0.203. The summed E-state index contributed by atoms with van der Waals surface area (Å²) in [6, 6.07) is 4.71. The number of hydrogen-bond acceptors (Lipinski definition) is 2. The van der Waals surface area contributed by atoms with Crippen LogP contribution in [0.3, 0.4) is 0 Å². The van der Waals surface area contributed by atoms with E-state index in [2.05, 4.69) is 21.2 Å². The van der Waals surface area contributed by atoms with Gasteiger partial charge in [-0.1, -0.05) is 15.9 Å². The van der Waals surface area contributed by atoms with Crippen LogP contribution in [0, 0.1) is 11.7 Å². The van der Waals surface area contributed by atoms with Crippen molar-refractivity contribution >= 4 is 21.8 Å². The zero-order valence-corrected chi connectivity index (χ0v) is 12.2. The van der Waals surface area contributed by atoms with Gasteiger partial charge in [-0.15, -0.1) is 0 Å². The van der Waals surface area contributed by atoms with Gasteiger partial charge in [-0.25, -0.2) is 4.39 Å². The van der Waals surface area contributed by atoms with Gasteiger partial charge in [-0.3, -0.25) is 4.79 Å². The molecule has 1 aliphatic rings.